The van der Waals surface area contributed by atoms with E-state index in [0.29, 0.717) is 0 Å². The van der Waals surface area contributed by atoms with E-state index in [-0.39, 0.29) is 12.4 Å². The second-order valence-corrected chi connectivity index (χ2v) is 4.54. The van der Waals surface area contributed by atoms with Gasteiger partial charge in [0.15, 0.2) is 0 Å². The van der Waals surface area contributed by atoms with Crippen LogP contribution in [-0.2, 0) is 6.54 Å². The monoisotopic (exact) mass is 273 g/mol. The molecule has 4 heteroatoms. The third kappa shape index (κ3) is 7.31. The standard InChI is InChI=1S/C13H19NOS.ClH/c1-3-8-16-9-7-14-11-12-5-4-6-13(10-12)15-2;/h3-6,10,14H,1,7-9,11H2,2H3;1H. The molecule has 2 nitrogen and oxygen atoms in total. The first-order valence-electron chi connectivity index (χ1n) is 5.39. The number of methoxy groups -OCH3 is 1. The normalized spacial score (nSPS) is 9.47. The third-order valence-corrected chi connectivity index (χ3v) is 3.09. The van der Waals surface area contributed by atoms with Crippen molar-refractivity contribution in [2.75, 3.05) is 25.2 Å². The summed E-state index contributed by atoms with van der Waals surface area (Å²) in [7, 11) is 1.69. The Labute approximate surface area is 114 Å². The van der Waals surface area contributed by atoms with Gasteiger partial charge in [-0.2, -0.15) is 11.8 Å². The summed E-state index contributed by atoms with van der Waals surface area (Å²) in [4.78, 5) is 0. The number of rotatable bonds is 8. The number of benzene rings is 1. The molecule has 17 heavy (non-hydrogen) atoms. The number of nitrogens with one attached hydrogen (secondary N) is 1. The van der Waals surface area contributed by atoms with Gasteiger partial charge in [-0.1, -0.05) is 18.2 Å². The maximum Gasteiger partial charge on any atom is 0.119 e. The molecule has 0 aliphatic carbocycles. The first-order chi connectivity index (χ1) is 7.86. The van der Waals surface area contributed by atoms with Crippen molar-refractivity contribution in [3.8, 4) is 5.75 Å². The molecular weight excluding hydrogens is 254 g/mol. The Balaban J connectivity index is 0.00000256. The predicted molar refractivity (Wildman–Crippen MR) is 79.5 cm³/mol. The summed E-state index contributed by atoms with van der Waals surface area (Å²) >= 11 is 1.89. The smallest absolute Gasteiger partial charge is 0.119 e. The van der Waals surface area contributed by atoms with Crippen LogP contribution >= 0.6 is 24.2 Å². The lowest BCUT2D eigenvalue weighted by atomic mass is 10.2. The quantitative estimate of drug-likeness (QED) is 0.581. The van der Waals surface area contributed by atoms with E-state index in [9.17, 15) is 0 Å². The molecule has 0 aromatic heterocycles. The molecule has 0 radical (unpaired) electrons. The zero-order valence-electron chi connectivity index (χ0n) is 10.1. The van der Waals surface area contributed by atoms with Gasteiger partial charge < -0.3 is 10.1 Å². The Morgan fingerprint density at radius 3 is 3.00 bits per heavy atom. The average molecular weight is 274 g/mol. The maximum atomic E-state index is 5.17. The van der Waals surface area contributed by atoms with Crippen LogP contribution < -0.4 is 10.1 Å². The van der Waals surface area contributed by atoms with Gasteiger partial charge in [-0.3, -0.25) is 0 Å². The van der Waals surface area contributed by atoms with Gasteiger partial charge in [-0.25, -0.2) is 0 Å². The van der Waals surface area contributed by atoms with Crippen molar-refractivity contribution in [2.24, 2.45) is 0 Å². The van der Waals surface area contributed by atoms with Gasteiger partial charge in [-0.05, 0) is 17.7 Å². The Bertz CT molecular complexity index is 320. The van der Waals surface area contributed by atoms with Crippen LogP contribution in [0, 0.1) is 0 Å². The Kier molecular flexibility index (Phi) is 10.1. The van der Waals surface area contributed by atoms with Gasteiger partial charge in [0.1, 0.15) is 5.75 Å². The molecule has 1 N–H and O–H groups in total. The summed E-state index contributed by atoms with van der Waals surface area (Å²) in [6.07, 6.45) is 1.94. The Morgan fingerprint density at radius 2 is 2.29 bits per heavy atom. The summed E-state index contributed by atoms with van der Waals surface area (Å²) in [6, 6.07) is 8.14. The largest absolute Gasteiger partial charge is 0.497 e. The number of hydrogen-bond acceptors (Lipinski definition) is 3. The van der Waals surface area contributed by atoms with Gasteiger partial charge in [0.25, 0.3) is 0 Å². The SMILES string of the molecule is C=CCSCCNCc1cccc(OC)c1.Cl. The minimum absolute atomic E-state index is 0. The molecule has 0 bridgehead atoms. The van der Waals surface area contributed by atoms with E-state index in [1.165, 1.54) is 5.56 Å². The highest BCUT2D eigenvalue weighted by molar-refractivity contribution is 7.99. The Morgan fingerprint density at radius 1 is 1.47 bits per heavy atom. The fourth-order valence-electron chi connectivity index (χ4n) is 1.33. The van der Waals surface area contributed by atoms with Crippen molar-refractivity contribution in [1.29, 1.82) is 0 Å². The highest BCUT2D eigenvalue weighted by Gasteiger charge is 1.95. The highest BCUT2D eigenvalue weighted by Crippen LogP contribution is 2.12. The number of thioether (sulfide) groups is 1. The van der Waals surface area contributed by atoms with E-state index in [1.807, 2.05) is 30.0 Å². The van der Waals surface area contributed by atoms with Gasteiger partial charge in [0, 0.05) is 24.6 Å². The lowest BCUT2D eigenvalue weighted by molar-refractivity contribution is 0.414. The fraction of sp³-hybridized carbons (Fsp3) is 0.385. The van der Waals surface area contributed by atoms with Crippen LogP contribution in [0.1, 0.15) is 5.56 Å². The van der Waals surface area contributed by atoms with Crippen molar-refractivity contribution in [1.82, 2.24) is 5.32 Å². The molecule has 0 saturated heterocycles. The lowest BCUT2D eigenvalue weighted by Crippen LogP contribution is -2.16. The van der Waals surface area contributed by atoms with Crippen molar-refractivity contribution in [2.45, 2.75) is 6.54 Å². The number of hydrogen-bond donors (Lipinski definition) is 1. The number of ether oxygens (including phenoxy) is 1. The van der Waals surface area contributed by atoms with E-state index < -0.39 is 0 Å². The van der Waals surface area contributed by atoms with E-state index in [4.69, 9.17) is 4.74 Å². The van der Waals surface area contributed by atoms with Crippen molar-refractivity contribution >= 4 is 24.2 Å². The molecule has 1 aromatic carbocycles. The van der Waals surface area contributed by atoms with Gasteiger partial charge in [0.05, 0.1) is 7.11 Å². The first kappa shape index (κ1) is 16.4. The van der Waals surface area contributed by atoms with E-state index >= 15 is 0 Å². The van der Waals surface area contributed by atoms with Crippen LogP contribution in [0.3, 0.4) is 0 Å². The van der Waals surface area contributed by atoms with Gasteiger partial charge >= 0.3 is 0 Å². The first-order valence-corrected chi connectivity index (χ1v) is 6.54. The van der Waals surface area contributed by atoms with Gasteiger partial charge in [-0.15, -0.1) is 19.0 Å². The molecule has 0 atom stereocenters. The van der Waals surface area contributed by atoms with E-state index in [1.54, 1.807) is 7.11 Å². The van der Waals surface area contributed by atoms with Crippen LogP contribution in [0.2, 0.25) is 0 Å². The molecule has 0 saturated carbocycles. The molecule has 0 amide bonds. The summed E-state index contributed by atoms with van der Waals surface area (Å²) in [6.45, 7) is 5.61. The lowest BCUT2D eigenvalue weighted by Gasteiger charge is -2.06. The van der Waals surface area contributed by atoms with Crippen LogP contribution in [0.25, 0.3) is 0 Å². The third-order valence-electron chi connectivity index (χ3n) is 2.12. The minimum atomic E-state index is 0. The van der Waals surface area contributed by atoms with Crippen LogP contribution in [-0.4, -0.2) is 25.2 Å². The molecule has 0 spiro atoms. The molecular formula is C13H20ClNOS. The molecule has 0 aliphatic rings. The predicted octanol–water partition coefficient (Wildman–Crippen LogP) is 3.13. The minimum Gasteiger partial charge on any atom is -0.497 e. The van der Waals surface area contributed by atoms with Crippen LogP contribution in [0.5, 0.6) is 5.75 Å². The molecule has 0 fully saturated rings. The Hall–Kier alpha value is -0.640. The fourth-order valence-corrected chi connectivity index (χ4v) is 1.95. The highest BCUT2D eigenvalue weighted by atomic mass is 35.5. The molecule has 1 rings (SSSR count). The molecule has 0 aliphatic heterocycles. The maximum absolute atomic E-state index is 5.17. The average Bonchev–Trinajstić information content (AvgIpc) is 2.34. The van der Waals surface area contributed by atoms with Crippen molar-refractivity contribution < 1.29 is 4.74 Å². The molecule has 0 heterocycles. The van der Waals surface area contributed by atoms with Crippen LogP contribution in [0.15, 0.2) is 36.9 Å². The summed E-state index contributed by atoms with van der Waals surface area (Å²) in [5, 5.41) is 3.40. The zero-order chi connectivity index (χ0) is 11.6. The van der Waals surface area contributed by atoms with E-state index in [2.05, 4.69) is 24.0 Å². The molecule has 1 aromatic rings. The number of halogens is 1. The second-order valence-electron chi connectivity index (χ2n) is 3.39. The summed E-state index contributed by atoms with van der Waals surface area (Å²) in [5.41, 5.74) is 1.26. The van der Waals surface area contributed by atoms with Crippen molar-refractivity contribution in [3.63, 3.8) is 0 Å². The van der Waals surface area contributed by atoms with Crippen LogP contribution in [0.4, 0.5) is 0 Å². The molecule has 96 valence electrons. The van der Waals surface area contributed by atoms with Gasteiger partial charge in [0.2, 0.25) is 0 Å². The van der Waals surface area contributed by atoms with Crippen molar-refractivity contribution in [3.05, 3.63) is 42.5 Å². The van der Waals surface area contributed by atoms with E-state index in [0.717, 1.165) is 30.3 Å². The topological polar surface area (TPSA) is 21.3 Å². The molecule has 0 unspecified atom stereocenters. The zero-order valence-corrected chi connectivity index (χ0v) is 11.8. The second kappa shape index (κ2) is 10.5. The summed E-state index contributed by atoms with van der Waals surface area (Å²) in [5.74, 6) is 3.07. The summed E-state index contributed by atoms with van der Waals surface area (Å²) < 4.78 is 5.17.